The van der Waals surface area contributed by atoms with Crippen molar-refractivity contribution in [2.24, 2.45) is 56.7 Å². The first kappa shape index (κ1) is 24.9. The van der Waals surface area contributed by atoms with Crippen LogP contribution in [0.15, 0.2) is 11.6 Å². The van der Waals surface area contributed by atoms with Gasteiger partial charge in [-0.05, 0) is 116 Å². The predicted molar refractivity (Wildman–Crippen MR) is 140 cm³/mol. The van der Waals surface area contributed by atoms with Gasteiger partial charge in [0.25, 0.3) is 0 Å². The van der Waals surface area contributed by atoms with E-state index in [0.29, 0.717) is 27.6 Å². The van der Waals surface area contributed by atoms with E-state index in [9.17, 15) is 4.79 Å². The molecule has 0 aromatic heterocycles. The van der Waals surface area contributed by atoms with Crippen LogP contribution in [0.1, 0.15) is 120 Å². The zero-order valence-corrected chi connectivity index (χ0v) is 23.7. The Morgan fingerprint density at radius 2 is 1.59 bits per heavy atom. The number of hydrogen-bond acceptors (Lipinski definition) is 2. The molecule has 2 nitrogen and oxygen atoms in total. The number of esters is 1. The molecule has 2 heteroatoms. The number of rotatable bonds is 1. The first-order chi connectivity index (χ1) is 15.7. The van der Waals surface area contributed by atoms with Gasteiger partial charge in [0.15, 0.2) is 0 Å². The minimum absolute atomic E-state index is 0.0582. The van der Waals surface area contributed by atoms with Crippen molar-refractivity contribution in [1.29, 1.82) is 0 Å². The molecule has 0 aromatic carbocycles. The van der Waals surface area contributed by atoms with E-state index in [4.69, 9.17) is 4.74 Å². The summed E-state index contributed by atoms with van der Waals surface area (Å²) in [6.45, 7) is 22.1. The van der Waals surface area contributed by atoms with E-state index < -0.39 is 0 Å². The third-order valence-electron chi connectivity index (χ3n) is 13.8. The summed E-state index contributed by atoms with van der Waals surface area (Å²) >= 11 is 0. The first-order valence-corrected chi connectivity index (χ1v) is 14.5. The molecule has 10 atom stereocenters. The van der Waals surface area contributed by atoms with Gasteiger partial charge in [-0.2, -0.15) is 0 Å². The Morgan fingerprint density at radius 3 is 2.26 bits per heavy atom. The van der Waals surface area contributed by atoms with E-state index in [1.807, 2.05) is 0 Å². The number of carbonyl (C=O) groups is 1. The van der Waals surface area contributed by atoms with Crippen molar-refractivity contribution in [3.63, 3.8) is 0 Å². The van der Waals surface area contributed by atoms with Gasteiger partial charge in [0.1, 0.15) is 6.10 Å². The molecule has 0 radical (unpaired) electrons. The average Bonchev–Trinajstić information content (AvgIpc) is 2.74. The van der Waals surface area contributed by atoms with Crippen LogP contribution in [0.3, 0.4) is 0 Å². The van der Waals surface area contributed by atoms with Crippen LogP contribution in [0.25, 0.3) is 0 Å². The Kier molecular flexibility index (Phi) is 5.57. The smallest absolute Gasteiger partial charge is 0.302 e. The van der Waals surface area contributed by atoms with Gasteiger partial charge in [0, 0.05) is 12.3 Å². The maximum atomic E-state index is 11.9. The fraction of sp³-hybridized carbons (Fsp3) is 0.906. The van der Waals surface area contributed by atoms with Crippen LogP contribution < -0.4 is 0 Å². The lowest BCUT2D eigenvalue weighted by Crippen LogP contribution is -2.67. The molecule has 4 fully saturated rings. The van der Waals surface area contributed by atoms with Crippen molar-refractivity contribution in [3.8, 4) is 0 Å². The third-order valence-corrected chi connectivity index (χ3v) is 13.8. The van der Waals surface area contributed by atoms with Crippen molar-refractivity contribution < 1.29 is 9.53 Å². The number of allylic oxidation sites excluding steroid dienone is 2. The Bertz CT molecular complexity index is 885. The molecule has 0 saturated heterocycles. The molecular formula is C32H52O2. The number of ether oxygens (including phenoxy) is 1. The molecule has 192 valence electrons. The van der Waals surface area contributed by atoms with E-state index in [2.05, 4.69) is 61.5 Å². The van der Waals surface area contributed by atoms with Crippen LogP contribution in [0, 0.1) is 56.7 Å². The van der Waals surface area contributed by atoms with Crippen LogP contribution in [-0.4, -0.2) is 12.1 Å². The minimum Gasteiger partial charge on any atom is -0.462 e. The highest BCUT2D eigenvalue weighted by atomic mass is 16.5. The quantitative estimate of drug-likeness (QED) is 0.284. The topological polar surface area (TPSA) is 26.3 Å². The summed E-state index contributed by atoms with van der Waals surface area (Å²) in [6, 6.07) is 0. The second-order valence-corrected chi connectivity index (χ2v) is 15.2. The largest absolute Gasteiger partial charge is 0.462 e. The molecule has 0 amide bonds. The molecule has 0 bridgehead atoms. The highest BCUT2D eigenvalue weighted by Gasteiger charge is 2.69. The fourth-order valence-electron chi connectivity index (χ4n) is 11.7. The monoisotopic (exact) mass is 468 g/mol. The second kappa shape index (κ2) is 7.61. The van der Waals surface area contributed by atoms with E-state index in [0.717, 1.165) is 30.1 Å². The molecule has 0 unspecified atom stereocenters. The zero-order chi connectivity index (χ0) is 24.9. The lowest BCUT2D eigenvalue weighted by molar-refractivity contribution is -0.252. The van der Waals surface area contributed by atoms with E-state index in [1.165, 1.54) is 51.4 Å². The highest BCUT2D eigenvalue weighted by molar-refractivity contribution is 5.66. The molecule has 0 heterocycles. The summed E-state index contributed by atoms with van der Waals surface area (Å²) in [5, 5.41) is 0. The highest BCUT2D eigenvalue weighted by Crippen LogP contribution is 2.76. The summed E-state index contributed by atoms with van der Waals surface area (Å²) in [7, 11) is 0. The van der Waals surface area contributed by atoms with Gasteiger partial charge in [0.05, 0.1) is 0 Å². The molecule has 5 rings (SSSR count). The average molecular weight is 469 g/mol. The van der Waals surface area contributed by atoms with Crippen molar-refractivity contribution in [1.82, 2.24) is 0 Å². The lowest BCUT2D eigenvalue weighted by atomic mass is 9.31. The van der Waals surface area contributed by atoms with Crippen molar-refractivity contribution in [2.75, 3.05) is 0 Å². The third kappa shape index (κ3) is 3.08. The van der Waals surface area contributed by atoms with Gasteiger partial charge < -0.3 is 4.74 Å². The number of fused-ring (bicyclic) bond motifs is 7. The number of hydrogen-bond donors (Lipinski definition) is 0. The minimum atomic E-state index is -0.105. The van der Waals surface area contributed by atoms with Crippen molar-refractivity contribution in [2.45, 2.75) is 126 Å². The van der Waals surface area contributed by atoms with Crippen molar-refractivity contribution >= 4 is 5.97 Å². The Hall–Kier alpha value is -0.790. The van der Waals surface area contributed by atoms with Gasteiger partial charge in [-0.3, -0.25) is 4.79 Å². The van der Waals surface area contributed by atoms with E-state index in [-0.39, 0.29) is 17.5 Å². The Labute approximate surface area is 210 Å². The summed E-state index contributed by atoms with van der Waals surface area (Å²) in [5.41, 5.74) is 3.43. The zero-order valence-electron chi connectivity index (χ0n) is 23.7. The maximum Gasteiger partial charge on any atom is 0.302 e. The molecule has 34 heavy (non-hydrogen) atoms. The standard InChI is InChI=1S/C32H52O2/c1-20-12-15-29(6)18-19-31(8)23(27(29)21(20)2)10-11-25-30(7)16-14-26(34-22(3)33)28(4,5)24(30)13-17-32(25,31)9/h12,21,23-27H,10-11,13-19H2,1-9H3/t21-,23-,24+,25-,26+,27-,29-,30+,31-,32-/m1/s1. The molecule has 5 aliphatic rings. The molecule has 4 saturated carbocycles. The van der Waals surface area contributed by atoms with Crippen molar-refractivity contribution in [3.05, 3.63) is 11.6 Å². The maximum absolute atomic E-state index is 11.9. The lowest BCUT2D eigenvalue weighted by Gasteiger charge is -2.73. The van der Waals surface area contributed by atoms with Crippen LogP contribution >= 0.6 is 0 Å². The van der Waals surface area contributed by atoms with Gasteiger partial charge >= 0.3 is 5.97 Å². The van der Waals surface area contributed by atoms with Gasteiger partial charge in [-0.15, -0.1) is 0 Å². The molecule has 0 spiro atoms. The molecule has 5 aliphatic carbocycles. The van der Waals surface area contributed by atoms with Gasteiger partial charge in [-0.1, -0.05) is 60.1 Å². The van der Waals surface area contributed by atoms with Crippen LogP contribution in [0.5, 0.6) is 0 Å². The summed E-state index contributed by atoms with van der Waals surface area (Å²) in [4.78, 5) is 11.9. The first-order valence-electron chi connectivity index (χ1n) is 14.5. The van der Waals surface area contributed by atoms with Crippen LogP contribution in [-0.2, 0) is 9.53 Å². The SMILES string of the molecule is CC(=O)O[C@H]1CC[C@]2(C)[C@H]3CC[C@@H]4[C@H]5[C@H](C)C(C)=CC[C@]5(C)CC[C@@]4(C)[C@]3(C)CC[C@H]2C1(C)C. The molecule has 0 N–H and O–H groups in total. The summed E-state index contributed by atoms with van der Waals surface area (Å²) in [6.07, 6.45) is 14.5. The Balaban J connectivity index is 1.50. The Morgan fingerprint density at radius 1 is 0.882 bits per heavy atom. The fourth-order valence-corrected chi connectivity index (χ4v) is 11.7. The van der Waals surface area contributed by atoms with E-state index in [1.54, 1.807) is 12.5 Å². The van der Waals surface area contributed by atoms with Crippen LogP contribution in [0.2, 0.25) is 0 Å². The van der Waals surface area contributed by atoms with Gasteiger partial charge in [0.2, 0.25) is 0 Å². The normalized spacial score (nSPS) is 54.0. The molecule has 0 aliphatic heterocycles. The summed E-state index contributed by atoms with van der Waals surface area (Å²) in [5.74, 6) is 3.76. The number of carbonyl (C=O) groups excluding carboxylic acids is 1. The predicted octanol–water partition coefficient (Wildman–Crippen LogP) is 8.60. The van der Waals surface area contributed by atoms with Crippen LogP contribution in [0.4, 0.5) is 0 Å². The molecular weight excluding hydrogens is 416 g/mol. The van der Waals surface area contributed by atoms with Gasteiger partial charge in [-0.25, -0.2) is 0 Å². The summed E-state index contributed by atoms with van der Waals surface area (Å²) < 4.78 is 5.92. The molecule has 0 aromatic rings. The van der Waals surface area contributed by atoms with E-state index >= 15 is 0 Å². The second-order valence-electron chi connectivity index (χ2n) is 15.2.